The summed E-state index contributed by atoms with van der Waals surface area (Å²) < 4.78 is 0. The maximum Gasteiger partial charge on any atom is 0.0363 e. The highest BCUT2D eigenvalue weighted by molar-refractivity contribution is 5.47. The third kappa shape index (κ3) is 4.69. The zero-order valence-corrected chi connectivity index (χ0v) is 12.5. The van der Waals surface area contributed by atoms with E-state index in [4.69, 9.17) is 5.73 Å². The molecule has 0 radical (unpaired) electrons. The first-order chi connectivity index (χ1) is 8.30. The van der Waals surface area contributed by atoms with Crippen molar-refractivity contribution in [2.24, 2.45) is 5.73 Å². The summed E-state index contributed by atoms with van der Waals surface area (Å²) in [6.07, 6.45) is 2.24. The minimum atomic E-state index is 0.228. The van der Waals surface area contributed by atoms with Crippen LogP contribution in [0.1, 0.15) is 46.1 Å². The Morgan fingerprint density at radius 1 is 1.17 bits per heavy atom. The van der Waals surface area contributed by atoms with E-state index in [1.165, 1.54) is 11.3 Å². The third-order valence-corrected chi connectivity index (χ3v) is 3.33. The van der Waals surface area contributed by atoms with Gasteiger partial charge in [0.15, 0.2) is 0 Å². The van der Waals surface area contributed by atoms with Crippen LogP contribution >= 0.6 is 0 Å². The number of hydrogen-bond donors (Lipinski definition) is 1. The molecule has 2 N–H and O–H groups in total. The van der Waals surface area contributed by atoms with E-state index in [0.717, 1.165) is 19.4 Å². The molecule has 1 atom stereocenters. The van der Waals surface area contributed by atoms with Crippen LogP contribution in [0.5, 0.6) is 0 Å². The molecule has 0 spiro atoms. The van der Waals surface area contributed by atoms with Crippen molar-refractivity contribution in [1.82, 2.24) is 0 Å². The van der Waals surface area contributed by atoms with Crippen LogP contribution in [0.2, 0.25) is 0 Å². The van der Waals surface area contributed by atoms with E-state index >= 15 is 0 Å². The van der Waals surface area contributed by atoms with E-state index in [1.54, 1.807) is 0 Å². The van der Waals surface area contributed by atoms with Crippen molar-refractivity contribution in [1.29, 1.82) is 0 Å². The number of rotatable bonds is 5. The van der Waals surface area contributed by atoms with Gasteiger partial charge in [0.2, 0.25) is 0 Å². The molecule has 0 aliphatic carbocycles. The molecule has 0 aliphatic heterocycles. The van der Waals surface area contributed by atoms with Gasteiger partial charge in [0, 0.05) is 25.3 Å². The standard InChI is InChI=1S/C16H28N2/c1-13(17)7-6-12-18(5)15-10-8-14(9-11-15)16(2,3)4/h8-11,13H,6-7,12,17H2,1-5H3. The van der Waals surface area contributed by atoms with Gasteiger partial charge in [0.05, 0.1) is 0 Å². The third-order valence-electron chi connectivity index (χ3n) is 3.33. The Bertz CT molecular complexity index is 346. The highest BCUT2D eigenvalue weighted by Gasteiger charge is 2.13. The Balaban J connectivity index is 2.56. The first-order valence-electron chi connectivity index (χ1n) is 6.88. The topological polar surface area (TPSA) is 29.3 Å². The molecule has 1 aromatic carbocycles. The van der Waals surface area contributed by atoms with E-state index in [-0.39, 0.29) is 5.41 Å². The molecule has 1 unspecified atom stereocenters. The van der Waals surface area contributed by atoms with Gasteiger partial charge < -0.3 is 10.6 Å². The Morgan fingerprint density at radius 2 is 1.72 bits per heavy atom. The SMILES string of the molecule is CC(N)CCCN(C)c1ccc(C(C)(C)C)cc1. The molecule has 1 rings (SSSR count). The Morgan fingerprint density at radius 3 is 2.17 bits per heavy atom. The van der Waals surface area contributed by atoms with Crippen LogP contribution in [-0.2, 0) is 5.41 Å². The second kappa shape index (κ2) is 6.24. The van der Waals surface area contributed by atoms with Gasteiger partial charge in [-0.3, -0.25) is 0 Å². The molecule has 0 saturated carbocycles. The van der Waals surface area contributed by atoms with Gasteiger partial charge in [-0.1, -0.05) is 32.9 Å². The van der Waals surface area contributed by atoms with Gasteiger partial charge in [0.1, 0.15) is 0 Å². The number of anilines is 1. The summed E-state index contributed by atoms with van der Waals surface area (Å²) in [6, 6.07) is 9.20. The average Bonchev–Trinajstić information content (AvgIpc) is 2.27. The molecule has 0 aliphatic rings. The zero-order chi connectivity index (χ0) is 13.8. The van der Waals surface area contributed by atoms with Crippen molar-refractivity contribution < 1.29 is 0 Å². The van der Waals surface area contributed by atoms with Crippen LogP contribution in [-0.4, -0.2) is 19.6 Å². The zero-order valence-electron chi connectivity index (χ0n) is 12.5. The van der Waals surface area contributed by atoms with Crippen molar-refractivity contribution in [3.63, 3.8) is 0 Å². The van der Waals surface area contributed by atoms with Crippen molar-refractivity contribution in [3.05, 3.63) is 29.8 Å². The second-order valence-electron chi connectivity index (χ2n) is 6.34. The maximum absolute atomic E-state index is 5.77. The molecule has 0 saturated heterocycles. The summed E-state index contributed by atoms with van der Waals surface area (Å²) in [4.78, 5) is 2.30. The fourth-order valence-electron chi connectivity index (χ4n) is 2.00. The van der Waals surface area contributed by atoms with E-state index in [0.29, 0.717) is 6.04 Å². The predicted molar refractivity (Wildman–Crippen MR) is 81.3 cm³/mol. The van der Waals surface area contributed by atoms with E-state index in [2.05, 4.69) is 63.9 Å². The van der Waals surface area contributed by atoms with Crippen molar-refractivity contribution in [2.75, 3.05) is 18.5 Å². The molecule has 0 amide bonds. The molecule has 18 heavy (non-hydrogen) atoms. The molecule has 102 valence electrons. The molecular weight excluding hydrogens is 220 g/mol. The van der Waals surface area contributed by atoms with Crippen LogP contribution in [0.25, 0.3) is 0 Å². The fraction of sp³-hybridized carbons (Fsp3) is 0.625. The lowest BCUT2D eigenvalue weighted by atomic mass is 9.87. The number of nitrogens with two attached hydrogens (primary N) is 1. The van der Waals surface area contributed by atoms with E-state index in [9.17, 15) is 0 Å². The minimum Gasteiger partial charge on any atom is -0.375 e. The monoisotopic (exact) mass is 248 g/mol. The van der Waals surface area contributed by atoms with Gasteiger partial charge >= 0.3 is 0 Å². The van der Waals surface area contributed by atoms with Crippen molar-refractivity contribution in [3.8, 4) is 0 Å². The maximum atomic E-state index is 5.77. The quantitative estimate of drug-likeness (QED) is 0.863. The lowest BCUT2D eigenvalue weighted by Crippen LogP contribution is -2.22. The molecule has 2 heteroatoms. The lowest BCUT2D eigenvalue weighted by Gasteiger charge is -2.23. The number of hydrogen-bond acceptors (Lipinski definition) is 2. The fourth-order valence-corrected chi connectivity index (χ4v) is 2.00. The van der Waals surface area contributed by atoms with E-state index < -0.39 is 0 Å². The highest BCUT2D eigenvalue weighted by atomic mass is 15.1. The Kier molecular flexibility index (Phi) is 5.21. The lowest BCUT2D eigenvalue weighted by molar-refractivity contribution is 0.590. The summed E-state index contributed by atoms with van der Waals surface area (Å²) in [7, 11) is 2.15. The van der Waals surface area contributed by atoms with Gasteiger partial charge in [-0.15, -0.1) is 0 Å². The van der Waals surface area contributed by atoms with Crippen LogP contribution in [0.3, 0.4) is 0 Å². The highest BCUT2D eigenvalue weighted by Crippen LogP contribution is 2.24. The minimum absolute atomic E-state index is 0.228. The van der Waals surface area contributed by atoms with Gasteiger partial charge in [-0.2, -0.15) is 0 Å². The molecule has 0 heterocycles. The molecule has 0 aromatic heterocycles. The average molecular weight is 248 g/mol. The Hall–Kier alpha value is -1.02. The molecule has 2 nitrogen and oxygen atoms in total. The first kappa shape index (κ1) is 15.0. The van der Waals surface area contributed by atoms with Crippen LogP contribution < -0.4 is 10.6 Å². The van der Waals surface area contributed by atoms with Crippen LogP contribution in [0.4, 0.5) is 5.69 Å². The van der Waals surface area contributed by atoms with Crippen molar-refractivity contribution >= 4 is 5.69 Å². The van der Waals surface area contributed by atoms with Gasteiger partial charge in [-0.05, 0) is 42.9 Å². The van der Waals surface area contributed by atoms with E-state index in [1.807, 2.05) is 0 Å². The summed E-state index contributed by atoms with van der Waals surface area (Å²) >= 11 is 0. The summed E-state index contributed by atoms with van der Waals surface area (Å²) in [5, 5.41) is 0. The second-order valence-corrected chi connectivity index (χ2v) is 6.34. The van der Waals surface area contributed by atoms with Crippen LogP contribution in [0.15, 0.2) is 24.3 Å². The normalized spacial score (nSPS) is 13.4. The molecule has 1 aromatic rings. The first-order valence-corrected chi connectivity index (χ1v) is 6.88. The molecule has 0 fully saturated rings. The Labute approximate surface area is 112 Å². The molecular formula is C16H28N2. The predicted octanol–water partition coefficient (Wildman–Crippen LogP) is 3.55. The summed E-state index contributed by atoms with van der Waals surface area (Å²) in [5.41, 5.74) is 8.66. The smallest absolute Gasteiger partial charge is 0.0363 e. The van der Waals surface area contributed by atoms with Gasteiger partial charge in [-0.25, -0.2) is 0 Å². The van der Waals surface area contributed by atoms with Gasteiger partial charge in [0.25, 0.3) is 0 Å². The largest absolute Gasteiger partial charge is 0.375 e. The summed E-state index contributed by atoms with van der Waals surface area (Å²) in [5.74, 6) is 0. The van der Waals surface area contributed by atoms with Crippen LogP contribution in [0, 0.1) is 0 Å². The number of benzene rings is 1. The molecule has 0 bridgehead atoms. The summed E-state index contributed by atoms with van der Waals surface area (Å²) in [6.45, 7) is 9.87. The van der Waals surface area contributed by atoms with Crippen molar-refractivity contribution in [2.45, 2.75) is 52.0 Å². The number of nitrogens with zero attached hydrogens (tertiary/aromatic N) is 1.